The predicted octanol–water partition coefficient (Wildman–Crippen LogP) is 1.45. The number of halogens is 2. The molecule has 0 saturated carbocycles. The summed E-state index contributed by atoms with van der Waals surface area (Å²) in [5.74, 6) is 1.40. The van der Waals surface area contributed by atoms with Crippen LogP contribution in [0.2, 0.25) is 0 Å². The van der Waals surface area contributed by atoms with Gasteiger partial charge in [0.25, 0.3) is 5.82 Å². The molecule has 4 rings (SSSR count). The van der Waals surface area contributed by atoms with Gasteiger partial charge in [0.2, 0.25) is 0 Å². The zero-order valence-corrected chi connectivity index (χ0v) is 16.1. The molecule has 0 aliphatic carbocycles. The van der Waals surface area contributed by atoms with Crippen LogP contribution in [0.25, 0.3) is 16.9 Å². The largest absolute Gasteiger partial charge is 1.00 e. The maximum Gasteiger partial charge on any atom is 0.262 e. The topological polar surface area (TPSA) is 8.81 Å². The van der Waals surface area contributed by atoms with E-state index in [9.17, 15) is 0 Å². The molecule has 0 N–H and O–H groups in total. The highest BCUT2D eigenvalue weighted by Crippen LogP contribution is 2.27. The summed E-state index contributed by atoms with van der Waals surface area (Å²) in [6.07, 6.45) is 4.68. The van der Waals surface area contributed by atoms with Gasteiger partial charge in [-0.25, -0.2) is 4.57 Å². The average molecular weight is 434 g/mol. The Hall–Kier alpha value is -1.39. The highest BCUT2D eigenvalue weighted by molar-refractivity contribution is 9.10. The van der Waals surface area contributed by atoms with E-state index in [-0.39, 0.29) is 17.0 Å². The number of imidazole rings is 1. The van der Waals surface area contributed by atoms with E-state index >= 15 is 0 Å². The summed E-state index contributed by atoms with van der Waals surface area (Å²) in [7, 11) is 0. The summed E-state index contributed by atoms with van der Waals surface area (Å²) in [4.78, 5) is 0. The van der Waals surface area contributed by atoms with Crippen LogP contribution < -0.4 is 21.5 Å². The molecular formula is C19H18Br2N2. The fraction of sp³-hybridized carbons (Fsp3) is 0.211. The molecule has 118 valence electrons. The van der Waals surface area contributed by atoms with Gasteiger partial charge >= 0.3 is 0 Å². The Labute approximate surface area is 155 Å². The van der Waals surface area contributed by atoms with Gasteiger partial charge in [-0.3, -0.25) is 0 Å². The zero-order chi connectivity index (χ0) is 15.1. The lowest BCUT2D eigenvalue weighted by atomic mass is 10.1. The van der Waals surface area contributed by atoms with Crippen molar-refractivity contribution >= 4 is 15.9 Å². The molecule has 0 atom stereocenters. The number of hydrogen-bond donors (Lipinski definition) is 0. The Bertz CT molecular complexity index is 818. The molecule has 0 spiro atoms. The number of benzene rings is 2. The first kappa shape index (κ1) is 16.5. The van der Waals surface area contributed by atoms with E-state index in [1.165, 1.54) is 34.8 Å². The molecule has 4 heteroatoms. The van der Waals surface area contributed by atoms with E-state index < -0.39 is 0 Å². The van der Waals surface area contributed by atoms with Crippen molar-refractivity contribution in [2.24, 2.45) is 0 Å². The highest BCUT2D eigenvalue weighted by atomic mass is 79.9. The van der Waals surface area contributed by atoms with Gasteiger partial charge in [0, 0.05) is 10.0 Å². The molecule has 1 aliphatic heterocycles. The summed E-state index contributed by atoms with van der Waals surface area (Å²) in [6, 6.07) is 17.4. The van der Waals surface area contributed by atoms with Crippen molar-refractivity contribution in [2.45, 2.75) is 26.3 Å². The van der Waals surface area contributed by atoms with Crippen LogP contribution in [0.4, 0.5) is 0 Å². The monoisotopic (exact) mass is 432 g/mol. The molecule has 0 fully saturated rings. The lowest BCUT2D eigenvalue weighted by Gasteiger charge is -2.05. The molecule has 1 aliphatic rings. The molecule has 3 aromatic rings. The molecule has 2 heterocycles. The lowest BCUT2D eigenvalue weighted by molar-refractivity contribution is -0.689. The van der Waals surface area contributed by atoms with E-state index in [0.717, 1.165) is 17.4 Å². The van der Waals surface area contributed by atoms with E-state index in [1.807, 2.05) is 0 Å². The fourth-order valence-electron chi connectivity index (χ4n) is 3.21. The van der Waals surface area contributed by atoms with Crippen molar-refractivity contribution < 1.29 is 21.5 Å². The first-order valence-electron chi connectivity index (χ1n) is 7.69. The number of aryl methyl sites for hydroxylation is 2. The minimum Gasteiger partial charge on any atom is -1.00 e. The maximum absolute atomic E-state index is 3.52. The van der Waals surface area contributed by atoms with Gasteiger partial charge in [0.1, 0.15) is 11.9 Å². The lowest BCUT2D eigenvalue weighted by Crippen LogP contribution is -3.00. The normalized spacial score (nSPS) is 12.8. The maximum atomic E-state index is 3.52. The van der Waals surface area contributed by atoms with Crippen LogP contribution in [-0.4, -0.2) is 4.57 Å². The number of hydrogen-bond acceptors (Lipinski definition) is 0. The Morgan fingerprint density at radius 3 is 2.39 bits per heavy atom. The molecule has 23 heavy (non-hydrogen) atoms. The SMILES string of the molecule is Cc1ccc(-n2c(-c3ccc(Br)cc3)c[n+]3c2CCC3)cc1.[Br-]. The fourth-order valence-corrected chi connectivity index (χ4v) is 3.47. The number of fused-ring (bicyclic) bond motifs is 1. The minimum absolute atomic E-state index is 0. The Morgan fingerprint density at radius 2 is 1.70 bits per heavy atom. The summed E-state index contributed by atoms with van der Waals surface area (Å²) < 4.78 is 5.93. The minimum atomic E-state index is 0. The summed E-state index contributed by atoms with van der Waals surface area (Å²) in [6.45, 7) is 3.26. The molecule has 0 bridgehead atoms. The van der Waals surface area contributed by atoms with Gasteiger partial charge in [-0.2, -0.15) is 4.57 Å². The van der Waals surface area contributed by atoms with E-state index in [4.69, 9.17) is 0 Å². The van der Waals surface area contributed by atoms with Crippen LogP contribution >= 0.6 is 15.9 Å². The molecular weight excluding hydrogens is 416 g/mol. The molecule has 2 aromatic carbocycles. The third kappa shape index (κ3) is 3.02. The number of nitrogens with zero attached hydrogens (tertiary/aromatic N) is 2. The van der Waals surface area contributed by atoms with Crippen molar-refractivity contribution in [3.8, 4) is 16.9 Å². The third-order valence-corrected chi connectivity index (χ3v) is 4.87. The van der Waals surface area contributed by atoms with Crippen LogP contribution in [0.3, 0.4) is 0 Å². The van der Waals surface area contributed by atoms with Crippen LogP contribution in [0, 0.1) is 6.92 Å². The van der Waals surface area contributed by atoms with E-state index in [0.29, 0.717) is 0 Å². The van der Waals surface area contributed by atoms with Crippen molar-refractivity contribution in [1.29, 1.82) is 0 Å². The predicted molar refractivity (Wildman–Crippen MR) is 92.2 cm³/mol. The van der Waals surface area contributed by atoms with Gasteiger partial charge in [0.05, 0.1) is 13.0 Å². The number of rotatable bonds is 2. The standard InChI is InChI=1S/C19H18BrN2.BrH/c1-14-4-10-17(11-5-14)22-18(13-21-12-2-3-19(21)22)15-6-8-16(20)9-7-15;/h4-11,13H,2-3,12H2,1H3;1H/q+1;/p-1. The van der Waals surface area contributed by atoms with Crippen molar-refractivity contribution in [3.05, 3.63) is 70.6 Å². The van der Waals surface area contributed by atoms with Crippen molar-refractivity contribution in [2.75, 3.05) is 0 Å². The molecule has 0 saturated heterocycles. The highest BCUT2D eigenvalue weighted by Gasteiger charge is 2.29. The Balaban J connectivity index is 0.00000156. The van der Waals surface area contributed by atoms with Crippen LogP contribution in [-0.2, 0) is 13.0 Å². The molecule has 0 amide bonds. The van der Waals surface area contributed by atoms with Crippen LogP contribution in [0.15, 0.2) is 59.2 Å². The quantitative estimate of drug-likeness (QED) is 0.541. The second-order valence-corrected chi connectivity index (χ2v) is 6.82. The summed E-state index contributed by atoms with van der Waals surface area (Å²) >= 11 is 3.52. The summed E-state index contributed by atoms with van der Waals surface area (Å²) in [5, 5.41) is 0. The van der Waals surface area contributed by atoms with Crippen molar-refractivity contribution in [1.82, 2.24) is 4.57 Å². The molecule has 2 nitrogen and oxygen atoms in total. The van der Waals surface area contributed by atoms with Gasteiger partial charge in [0.15, 0.2) is 5.69 Å². The van der Waals surface area contributed by atoms with Gasteiger partial charge in [-0.1, -0.05) is 33.6 Å². The molecule has 0 radical (unpaired) electrons. The van der Waals surface area contributed by atoms with E-state index in [1.54, 1.807) is 0 Å². The molecule has 1 aromatic heterocycles. The van der Waals surface area contributed by atoms with Gasteiger partial charge in [-0.15, -0.1) is 0 Å². The second kappa shape index (κ2) is 6.62. The van der Waals surface area contributed by atoms with Gasteiger partial charge < -0.3 is 17.0 Å². The summed E-state index contributed by atoms with van der Waals surface area (Å²) in [5.41, 5.74) is 5.07. The van der Waals surface area contributed by atoms with Crippen molar-refractivity contribution in [3.63, 3.8) is 0 Å². The smallest absolute Gasteiger partial charge is 0.262 e. The van der Waals surface area contributed by atoms with Crippen LogP contribution in [0.5, 0.6) is 0 Å². The van der Waals surface area contributed by atoms with Crippen LogP contribution in [0.1, 0.15) is 17.8 Å². The third-order valence-electron chi connectivity index (χ3n) is 4.34. The Kier molecular flexibility index (Phi) is 4.74. The first-order valence-corrected chi connectivity index (χ1v) is 8.49. The van der Waals surface area contributed by atoms with E-state index in [2.05, 4.69) is 86.7 Å². The van der Waals surface area contributed by atoms with Gasteiger partial charge in [-0.05, 0) is 49.7 Å². The molecule has 0 unspecified atom stereocenters. The first-order chi connectivity index (χ1) is 10.7. The Morgan fingerprint density at radius 1 is 1.00 bits per heavy atom. The second-order valence-electron chi connectivity index (χ2n) is 5.91. The number of aromatic nitrogens is 2. The average Bonchev–Trinajstić information content (AvgIpc) is 3.10. The zero-order valence-electron chi connectivity index (χ0n) is 13.0.